The van der Waals surface area contributed by atoms with E-state index < -0.39 is 0 Å². The molecule has 0 aromatic carbocycles. The molecule has 0 saturated heterocycles. The fraction of sp³-hybridized carbons (Fsp3) is 0.733. The largest absolute Gasteiger partial charge is 0.329 e. The zero-order valence-electron chi connectivity index (χ0n) is 12.3. The van der Waals surface area contributed by atoms with Gasteiger partial charge in [0.25, 0.3) is 0 Å². The molecule has 0 nitrogen and oxygen atoms in total. The zero-order valence-corrected chi connectivity index (χ0v) is 15.1. The molecule has 0 spiro atoms. The Bertz CT molecular complexity index is 211. The minimum atomic E-state index is 0. The summed E-state index contributed by atoms with van der Waals surface area (Å²) in [5.74, 6) is 1.44. The van der Waals surface area contributed by atoms with E-state index >= 15 is 0 Å². The van der Waals surface area contributed by atoms with E-state index in [4.69, 9.17) is 0 Å². The molecule has 93 valence electrons. The minimum Gasteiger partial charge on any atom is -0.329 e. The first-order valence-corrected chi connectivity index (χ1v) is 6.13. The molecule has 0 aliphatic carbocycles. The molecule has 0 aromatic heterocycles. The van der Waals surface area contributed by atoms with Gasteiger partial charge >= 0.3 is 0 Å². The van der Waals surface area contributed by atoms with E-state index in [1.54, 1.807) is 0 Å². The van der Waals surface area contributed by atoms with Crippen molar-refractivity contribution >= 4 is 0 Å². The fourth-order valence-electron chi connectivity index (χ4n) is 1.70. The second-order valence-electron chi connectivity index (χ2n) is 5.42. The Morgan fingerprint density at radius 1 is 1.19 bits per heavy atom. The van der Waals surface area contributed by atoms with Gasteiger partial charge in [-0.3, -0.25) is 0 Å². The summed E-state index contributed by atoms with van der Waals surface area (Å²) in [6.07, 6.45) is 6.13. The molecule has 0 aromatic rings. The molecule has 1 heteroatoms. The van der Waals surface area contributed by atoms with E-state index in [0.29, 0.717) is 5.41 Å². The van der Waals surface area contributed by atoms with Crippen molar-refractivity contribution in [3.05, 3.63) is 23.5 Å². The molecule has 0 heterocycles. The van der Waals surface area contributed by atoms with E-state index in [1.165, 1.54) is 36.3 Å². The van der Waals surface area contributed by atoms with Gasteiger partial charge in [-0.25, -0.2) is 17.1 Å². The third-order valence-corrected chi connectivity index (χ3v) is 3.48. The molecule has 0 rings (SSSR count). The van der Waals surface area contributed by atoms with Crippen molar-refractivity contribution < 1.29 is 32.7 Å². The van der Waals surface area contributed by atoms with Crippen LogP contribution >= 0.6 is 0 Å². The van der Waals surface area contributed by atoms with Crippen molar-refractivity contribution in [3.8, 4) is 0 Å². The van der Waals surface area contributed by atoms with Gasteiger partial charge in [0.2, 0.25) is 0 Å². The number of allylic oxidation sites excluding steroid dienone is 2. The number of rotatable bonds is 6. The Labute approximate surface area is 129 Å². The van der Waals surface area contributed by atoms with E-state index in [0.717, 1.165) is 0 Å². The van der Waals surface area contributed by atoms with Crippen LogP contribution in [0.2, 0.25) is 0 Å². The normalized spacial score (nSPS) is 12.9. The van der Waals surface area contributed by atoms with Crippen LogP contribution in [0.4, 0.5) is 0 Å². The fourth-order valence-corrected chi connectivity index (χ4v) is 1.70. The number of hydrogen-bond acceptors (Lipinski definition) is 0. The second kappa shape index (κ2) is 8.75. The van der Waals surface area contributed by atoms with Crippen LogP contribution in [-0.4, -0.2) is 0 Å². The van der Waals surface area contributed by atoms with Gasteiger partial charge in [0.15, 0.2) is 0 Å². The minimum absolute atomic E-state index is 0. The Balaban J connectivity index is 0. The molecule has 1 radical (unpaired) electrons. The Morgan fingerprint density at radius 2 is 1.69 bits per heavy atom. The first-order chi connectivity index (χ1) is 6.83. The van der Waals surface area contributed by atoms with Crippen molar-refractivity contribution in [2.45, 2.75) is 67.7 Å². The summed E-state index contributed by atoms with van der Waals surface area (Å²) in [5, 5.41) is 0. The van der Waals surface area contributed by atoms with Crippen LogP contribution in [-0.2, 0) is 32.7 Å². The maximum atomic E-state index is 2.43. The second-order valence-corrected chi connectivity index (χ2v) is 5.42. The van der Waals surface area contributed by atoms with Crippen molar-refractivity contribution in [1.82, 2.24) is 0 Å². The summed E-state index contributed by atoms with van der Waals surface area (Å²) in [7, 11) is 0. The number of hydrogen-bond donors (Lipinski definition) is 0. The Kier molecular flexibility index (Phi) is 10.4. The summed E-state index contributed by atoms with van der Waals surface area (Å²) in [6, 6.07) is 0. The Hall–Kier alpha value is 0.714. The predicted molar refractivity (Wildman–Crippen MR) is 70.6 cm³/mol. The molecule has 0 fully saturated rings. The molecule has 0 aliphatic rings. The summed E-state index contributed by atoms with van der Waals surface area (Å²) in [5.41, 5.74) is 3.33. The Morgan fingerprint density at radius 3 is 2.06 bits per heavy atom. The summed E-state index contributed by atoms with van der Waals surface area (Å²) < 4.78 is 0. The average molecular weight is 297 g/mol. The van der Waals surface area contributed by atoms with Crippen molar-refractivity contribution in [1.29, 1.82) is 0 Å². The molecule has 0 atom stereocenters. The maximum Gasteiger partial charge on any atom is 0 e. The molecule has 0 N–H and O–H groups in total. The smallest absolute Gasteiger partial charge is 0 e. The van der Waals surface area contributed by atoms with Gasteiger partial charge in [0, 0.05) is 32.7 Å². The SMILES string of the molecule is CCC[CH-]CC(C)(C)/C(C)=C(/C)[C-](C)C.[Y]. The molecule has 0 amide bonds. The van der Waals surface area contributed by atoms with Gasteiger partial charge in [0.1, 0.15) is 0 Å². The van der Waals surface area contributed by atoms with E-state index in [9.17, 15) is 0 Å². The molecular formula is C15H28Y-2. The third-order valence-electron chi connectivity index (χ3n) is 3.48. The van der Waals surface area contributed by atoms with E-state index in [2.05, 4.69) is 54.9 Å². The van der Waals surface area contributed by atoms with Gasteiger partial charge in [-0.2, -0.15) is 12.8 Å². The molecule has 0 unspecified atom stereocenters. The van der Waals surface area contributed by atoms with Crippen molar-refractivity contribution in [3.63, 3.8) is 0 Å². The molecule has 16 heavy (non-hydrogen) atoms. The van der Waals surface area contributed by atoms with Crippen molar-refractivity contribution in [2.75, 3.05) is 0 Å². The number of unbranched alkanes of at least 4 members (excludes halogenated alkanes) is 2. The summed E-state index contributed by atoms with van der Waals surface area (Å²) in [4.78, 5) is 0. The van der Waals surface area contributed by atoms with Crippen LogP contribution in [0, 0.1) is 17.8 Å². The van der Waals surface area contributed by atoms with Crippen LogP contribution in [0.5, 0.6) is 0 Å². The van der Waals surface area contributed by atoms with Crippen LogP contribution in [0.1, 0.15) is 67.7 Å². The standard InChI is InChI=1S/C15H28.Y/c1-8-9-10-11-15(6,7)14(5)13(4)12(2)3;/h10H,8-9,11H2,1-7H3;/q-2;/b14-13-;. The monoisotopic (exact) mass is 297 g/mol. The van der Waals surface area contributed by atoms with Crippen LogP contribution in [0.25, 0.3) is 0 Å². The van der Waals surface area contributed by atoms with Gasteiger partial charge in [-0.1, -0.05) is 34.1 Å². The molecule has 0 aliphatic heterocycles. The molecule has 0 saturated carbocycles. The van der Waals surface area contributed by atoms with Crippen LogP contribution in [0.3, 0.4) is 0 Å². The summed E-state index contributed by atoms with van der Waals surface area (Å²) >= 11 is 0. The zero-order chi connectivity index (χ0) is 12.1. The predicted octanol–water partition coefficient (Wildman–Crippen LogP) is 5.36. The molecule has 0 bridgehead atoms. The quantitative estimate of drug-likeness (QED) is 0.457. The maximum absolute atomic E-state index is 2.43. The van der Waals surface area contributed by atoms with Gasteiger partial charge in [0.05, 0.1) is 0 Å². The molecular weight excluding hydrogens is 269 g/mol. The van der Waals surface area contributed by atoms with Gasteiger partial charge in [-0.05, 0) is 0 Å². The van der Waals surface area contributed by atoms with Crippen LogP contribution in [0.15, 0.2) is 11.1 Å². The third kappa shape index (κ3) is 6.45. The average Bonchev–Trinajstić information content (AvgIpc) is 2.15. The van der Waals surface area contributed by atoms with E-state index in [-0.39, 0.29) is 32.7 Å². The van der Waals surface area contributed by atoms with E-state index in [1.807, 2.05) is 0 Å². The first-order valence-electron chi connectivity index (χ1n) is 6.13. The topological polar surface area (TPSA) is 0 Å². The summed E-state index contributed by atoms with van der Waals surface area (Å²) in [6.45, 7) is 15.9. The van der Waals surface area contributed by atoms with Gasteiger partial charge < -0.3 is 6.42 Å². The first kappa shape index (κ1) is 19.1. The van der Waals surface area contributed by atoms with Crippen LogP contribution < -0.4 is 0 Å². The van der Waals surface area contributed by atoms with Gasteiger partial charge in [-0.15, -0.1) is 26.2 Å². The van der Waals surface area contributed by atoms with Crippen molar-refractivity contribution in [2.24, 2.45) is 5.41 Å².